The normalized spacial score (nSPS) is 11.1. The van der Waals surface area contributed by atoms with Gasteiger partial charge in [-0.3, -0.25) is 0 Å². The van der Waals surface area contributed by atoms with Crippen LogP contribution in [-0.2, 0) is 12.8 Å². The highest BCUT2D eigenvalue weighted by Gasteiger charge is 2.20. The molecule has 0 spiro atoms. The summed E-state index contributed by atoms with van der Waals surface area (Å²) in [7, 11) is 6.85. The summed E-state index contributed by atoms with van der Waals surface area (Å²) in [6.07, 6.45) is 18.1. The number of hydrogen-bond acceptors (Lipinski definition) is 6. The van der Waals surface area contributed by atoms with Crippen molar-refractivity contribution in [2.45, 2.75) is 123 Å². The lowest BCUT2D eigenvalue weighted by atomic mass is 10.0. The summed E-state index contributed by atoms with van der Waals surface area (Å²) in [6, 6.07) is 26.1. The average molecular weight is 715 g/mol. The van der Waals surface area contributed by atoms with Gasteiger partial charge in [-0.05, 0) is 85.3 Å². The van der Waals surface area contributed by atoms with E-state index in [0.717, 1.165) is 56.8 Å². The van der Waals surface area contributed by atoms with E-state index in [1.165, 1.54) is 98.0 Å². The van der Waals surface area contributed by atoms with Gasteiger partial charge in [0.2, 0.25) is 0 Å². The molecule has 0 heterocycles. The highest BCUT2D eigenvalue weighted by atomic mass is 32.2. The maximum absolute atomic E-state index is 5.97. The molecule has 50 heavy (non-hydrogen) atoms. The fraction of sp³-hybridized carbons (Fsp3) is 0.455. The third kappa shape index (κ3) is 11.9. The van der Waals surface area contributed by atoms with Gasteiger partial charge >= 0.3 is 0 Å². The van der Waals surface area contributed by atoms with Gasteiger partial charge in [0.05, 0.1) is 38.2 Å². The van der Waals surface area contributed by atoms with Crippen molar-refractivity contribution in [1.29, 1.82) is 0 Å². The molecule has 0 amide bonds. The molecule has 4 aromatic rings. The van der Waals surface area contributed by atoms with Crippen LogP contribution in [0.5, 0.6) is 23.0 Å². The zero-order valence-electron chi connectivity index (χ0n) is 31.3. The Bertz CT molecular complexity index is 1450. The lowest BCUT2D eigenvalue weighted by molar-refractivity contribution is 0.391. The largest absolute Gasteiger partial charge is 0.496 e. The third-order valence-electron chi connectivity index (χ3n) is 9.20. The van der Waals surface area contributed by atoms with E-state index >= 15 is 0 Å². The number of benzene rings is 4. The Morgan fingerprint density at radius 2 is 0.740 bits per heavy atom. The van der Waals surface area contributed by atoms with Crippen molar-refractivity contribution >= 4 is 23.5 Å². The molecule has 0 bridgehead atoms. The lowest BCUT2D eigenvalue weighted by Gasteiger charge is -2.19. The monoisotopic (exact) mass is 714 g/mol. The molecule has 0 radical (unpaired) electrons. The van der Waals surface area contributed by atoms with Gasteiger partial charge in [0.1, 0.15) is 23.0 Å². The summed E-state index contributed by atoms with van der Waals surface area (Å²) in [4.78, 5) is 4.33. The molecule has 0 aliphatic carbocycles. The van der Waals surface area contributed by atoms with Gasteiger partial charge in [-0.25, -0.2) is 0 Å². The Morgan fingerprint density at radius 3 is 1.08 bits per heavy atom. The number of rotatable bonds is 23. The Morgan fingerprint density at radius 1 is 0.400 bits per heavy atom. The van der Waals surface area contributed by atoms with Crippen LogP contribution in [0.1, 0.15) is 102 Å². The third-order valence-corrected chi connectivity index (χ3v) is 11.3. The summed E-state index contributed by atoms with van der Waals surface area (Å²) < 4.78 is 23.8. The fourth-order valence-electron chi connectivity index (χ4n) is 6.24. The lowest BCUT2D eigenvalue weighted by Crippen LogP contribution is -1.97. The molecular formula is C44H58O4S2. The van der Waals surface area contributed by atoms with Gasteiger partial charge in [0.25, 0.3) is 0 Å². The summed E-state index contributed by atoms with van der Waals surface area (Å²) in [5, 5.41) is 0. The van der Waals surface area contributed by atoms with E-state index in [1.807, 2.05) is 12.1 Å². The molecule has 4 nitrogen and oxygen atoms in total. The van der Waals surface area contributed by atoms with Crippen molar-refractivity contribution in [3.8, 4) is 34.1 Å². The van der Waals surface area contributed by atoms with Crippen LogP contribution in [0.15, 0.2) is 92.4 Å². The molecule has 0 N–H and O–H groups in total. The number of unbranched alkanes of at least 4 members (excludes halogenated alkanes) is 10. The first-order chi connectivity index (χ1) is 24.5. The van der Waals surface area contributed by atoms with E-state index in [2.05, 4.69) is 74.5 Å². The van der Waals surface area contributed by atoms with Crippen LogP contribution in [0.3, 0.4) is 0 Å². The number of hydrogen-bond donors (Lipinski definition) is 0. The molecule has 0 aromatic heterocycles. The molecule has 0 aliphatic rings. The van der Waals surface area contributed by atoms with E-state index < -0.39 is 0 Å². The SMILES string of the molecule is CCCCCCCCc1ccc(Sc2cc(OC)c(-c3cc(OC)c(Sc4ccc(CCCCCCCC)cc4)cc3OC)cc2OC)cc1. The minimum Gasteiger partial charge on any atom is -0.496 e. The van der Waals surface area contributed by atoms with Crippen molar-refractivity contribution in [3.63, 3.8) is 0 Å². The first-order valence-electron chi connectivity index (χ1n) is 18.6. The second kappa shape index (κ2) is 21.9. The van der Waals surface area contributed by atoms with Crippen LogP contribution in [0, 0.1) is 0 Å². The molecule has 0 unspecified atom stereocenters. The smallest absolute Gasteiger partial charge is 0.133 e. The second-order valence-electron chi connectivity index (χ2n) is 12.9. The minimum absolute atomic E-state index is 0.745. The first-order valence-corrected chi connectivity index (χ1v) is 20.2. The zero-order chi connectivity index (χ0) is 35.6. The number of ether oxygens (including phenoxy) is 4. The van der Waals surface area contributed by atoms with E-state index in [1.54, 1.807) is 52.0 Å². The Hall–Kier alpha value is -3.22. The van der Waals surface area contributed by atoms with Crippen LogP contribution < -0.4 is 18.9 Å². The van der Waals surface area contributed by atoms with E-state index in [-0.39, 0.29) is 0 Å². The first kappa shape index (κ1) is 39.6. The molecule has 0 saturated carbocycles. The van der Waals surface area contributed by atoms with Crippen molar-refractivity contribution in [1.82, 2.24) is 0 Å². The van der Waals surface area contributed by atoms with Gasteiger partial charge in [-0.1, -0.05) is 126 Å². The molecule has 0 atom stereocenters. The van der Waals surface area contributed by atoms with Crippen LogP contribution in [0.2, 0.25) is 0 Å². The van der Waals surface area contributed by atoms with Crippen molar-refractivity contribution in [2.24, 2.45) is 0 Å². The molecule has 0 saturated heterocycles. The standard InChI is InChI=1S/C44H58O4S2/c1-7-9-11-13-15-17-19-33-21-25-35(26-22-33)49-43-31-39(45-3)37(29-41(43)47-5)38-30-42(48-6)44(32-40(38)46-4)50-36-27-23-34(24-28-36)20-18-16-14-12-10-8-2/h21-32H,7-20H2,1-6H3. The highest BCUT2D eigenvalue weighted by molar-refractivity contribution is 7.99. The van der Waals surface area contributed by atoms with E-state index in [0.29, 0.717) is 0 Å². The molecule has 270 valence electrons. The quantitative estimate of drug-likeness (QED) is 0.0712. The average Bonchev–Trinajstić information content (AvgIpc) is 3.15. The minimum atomic E-state index is 0.745. The Labute approximate surface area is 311 Å². The molecular weight excluding hydrogens is 657 g/mol. The van der Waals surface area contributed by atoms with Gasteiger partial charge in [-0.2, -0.15) is 0 Å². The van der Waals surface area contributed by atoms with Crippen molar-refractivity contribution < 1.29 is 18.9 Å². The topological polar surface area (TPSA) is 36.9 Å². The molecule has 6 heteroatoms. The summed E-state index contributed by atoms with van der Waals surface area (Å²) in [6.45, 7) is 4.54. The predicted octanol–water partition coefficient (Wildman–Crippen LogP) is 13.5. The predicted molar refractivity (Wildman–Crippen MR) is 213 cm³/mol. The maximum atomic E-state index is 5.97. The number of methoxy groups -OCH3 is 4. The van der Waals surface area contributed by atoms with Gasteiger partial charge in [0.15, 0.2) is 0 Å². The van der Waals surface area contributed by atoms with Crippen molar-refractivity contribution in [3.05, 3.63) is 83.9 Å². The highest BCUT2D eigenvalue weighted by Crippen LogP contribution is 2.48. The number of aryl methyl sites for hydroxylation is 2. The van der Waals surface area contributed by atoms with Gasteiger partial charge in [-0.15, -0.1) is 0 Å². The van der Waals surface area contributed by atoms with Crippen molar-refractivity contribution in [2.75, 3.05) is 28.4 Å². The van der Waals surface area contributed by atoms with E-state index in [9.17, 15) is 0 Å². The van der Waals surface area contributed by atoms with Gasteiger partial charge in [0, 0.05) is 20.9 Å². The zero-order valence-corrected chi connectivity index (χ0v) is 32.9. The molecule has 0 fully saturated rings. The van der Waals surface area contributed by atoms with Gasteiger partial charge < -0.3 is 18.9 Å². The molecule has 4 rings (SSSR count). The summed E-state index contributed by atoms with van der Waals surface area (Å²) >= 11 is 3.37. The van der Waals surface area contributed by atoms with Crippen LogP contribution in [0.4, 0.5) is 0 Å². The van der Waals surface area contributed by atoms with E-state index in [4.69, 9.17) is 18.9 Å². The van der Waals surface area contributed by atoms with Crippen LogP contribution >= 0.6 is 23.5 Å². The molecule has 4 aromatic carbocycles. The van der Waals surface area contributed by atoms with Crippen LogP contribution in [0.25, 0.3) is 11.1 Å². The molecule has 0 aliphatic heterocycles. The summed E-state index contributed by atoms with van der Waals surface area (Å²) in [5.74, 6) is 3.05. The fourth-order valence-corrected chi connectivity index (χ4v) is 8.11. The Balaban J connectivity index is 1.48. The Kier molecular flexibility index (Phi) is 17.3. The summed E-state index contributed by atoms with van der Waals surface area (Å²) in [5.41, 5.74) is 4.56. The van der Waals surface area contributed by atoms with Crippen LogP contribution in [-0.4, -0.2) is 28.4 Å². The second-order valence-corrected chi connectivity index (χ2v) is 15.2. The maximum Gasteiger partial charge on any atom is 0.133 e.